The molecule has 2 aromatic rings. The van der Waals surface area contributed by atoms with E-state index in [-0.39, 0.29) is 34.5 Å². The van der Waals surface area contributed by atoms with E-state index in [1.165, 1.54) is 0 Å². The van der Waals surface area contributed by atoms with Gasteiger partial charge in [-0.05, 0) is 92.6 Å². The Morgan fingerprint density at radius 1 is 1.17 bits per heavy atom. The predicted molar refractivity (Wildman–Crippen MR) is 130 cm³/mol. The van der Waals surface area contributed by atoms with E-state index in [1.54, 1.807) is 12.3 Å². The monoisotopic (exact) mass is 483 g/mol. The van der Waals surface area contributed by atoms with E-state index in [1.807, 2.05) is 12.1 Å². The van der Waals surface area contributed by atoms with Crippen molar-refractivity contribution in [3.63, 3.8) is 0 Å². The average Bonchev–Trinajstić information content (AvgIpc) is 3.44. The first kappa shape index (κ1) is 23.3. The van der Waals surface area contributed by atoms with Gasteiger partial charge in [0.2, 0.25) is 5.91 Å². The van der Waals surface area contributed by atoms with Crippen molar-refractivity contribution >= 4 is 22.5 Å². The number of hydrogen-bond acceptors (Lipinski definition) is 6. The Morgan fingerprint density at radius 3 is 2.66 bits per heavy atom. The van der Waals surface area contributed by atoms with Crippen LogP contribution in [-0.4, -0.2) is 72.1 Å². The first-order chi connectivity index (χ1) is 16.9. The number of piperidine rings is 1. The van der Waals surface area contributed by atoms with Gasteiger partial charge >= 0.3 is 0 Å². The number of anilines is 1. The van der Waals surface area contributed by atoms with Gasteiger partial charge in [-0.25, -0.2) is 9.37 Å². The summed E-state index contributed by atoms with van der Waals surface area (Å²) >= 11 is 0. The summed E-state index contributed by atoms with van der Waals surface area (Å²) in [7, 11) is 0. The van der Waals surface area contributed by atoms with E-state index in [0.717, 1.165) is 74.7 Å². The number of halogens is 1. The number of aromatic nitrogens is 1. The minimum atomic E-state index is -0.491. The van der Waals surface area contributed by atoms with Crippen LogP contribution >= 0.6 is 0 Å². The third-order valence-electron chi connectivity index (χ3n) is 9.13. The molecule has 0 unspecified atom stereocenters. The lowest BCUT2D eigenvalue weighted by Crippen LogP contribution is -2.56. The highest BCUT2D eigenvalue weighted by Crippen LogP contribution is 2.59. The average molecular weight is 484 g/mol. The standard InChI is InChI=1S/C27H34FN3O4/c1-26(16-35-15-23(26)32)31-6-2-17(3-7-31)20-10-18-12-24(29-14-19(18)11-22(20)28)30-25(33)21-13-27(21)4-8-34-9-5-27/h10-12,14,17,21,23,32H,2-9,13,15-16H2,1H3,(H,29,30,33)/t21-,23+,26-/m0/s1. The van der Waals surface area contributed by atoms with Gasteiger partial charge in [0, 0.05) is 30.7 Å². The van der Waals surface area contributed by atoms with Crippen molar-refractivity contribution in [1.29, 1.82) is 0 Å². The summed E-state index contributed by atoms with van der Waals surface area (Å²) in [4.78, 5) is 19.5. The zero-order chi connectivity index (χ0) is 24.2. The Hall–Kier alpha value is -2.13. The van der Waals surface area contributed by atoms with Crippen molar-refractivity contribution in [1.82, 2.24) is 9.88 Å². The summed E-state index contributed by atoms with van der Waals surface area (Å²) < 4.78 is 26.0. The van der Waals surface area contributed by atoms with E-state index in [9.17, 15) is 9.90 Å². The zero-order valence-electron chi connectivity index (χ0n) is 20.3. The number of likely N-dealkylation sites (tertiary alicyclic amines) is 1. The van der Waals surface area contributed by atoms with Crippen molar-refractivity contribution in [2.24, 2.45) is 11.3 Å². The number of nitrogens with one attached hydrogen (secondary N) is 1. The fourth-order valence-corrected chi connectivity index (χ4v) is 6.48. The molecule has 1 amide bonds. The Labute approximate surface area is 205 Å². The van der Waals surface area contributed by atoms with Gasteiger partial charge in [-0.3, -0.25) is 9.69 Å². The summed E-state index contributed by atoms with van der Waals surface area (Å²) in [6, 6.07) is 5.34. The molecule has 3 aliphatic heterocycles. The van der Waals surface area contributed by atoms with E-state index >= 15 is 4.39 Å². The predicted octanol–water partition coefficient (Wildman–Crippen LogP) is 3.46. The van der Waals surface area contributed by atoms with Crippen LogP contribution in [0.1, 0.15) is 50.5 Å². The number of hydrogen-bond donors (Lipinski definition) is 2. The quantitative estimate of drug-likeness (QED) is 0.693. The first-order valence-corrected chi connectivity index (χ1v) is 12.9. The minimum Gasteiger partial charge on any atom is -0.389 e. The summed E-state index contributed by atoms with van der Waals surface area (Å²) in [6.07, 6.45) is 5.62. The molecule has 0 bridgehead atoms. The van der Waals surface area contributed by atoms with Crippen LogP contribution in [0, 0.1) is 17.2 Å². The molecule has 188 valence electrons. The number of pyridine rings is 1. The van der Waals surface area contributed by atoms with E-state index in [2.05, 4.69) is 22.1 Å². The Morgan fingerprint density at radius 2 is 1.94 bits per heavy atom. The zero-order valence-corrected chi connectivity index (χ0v) is 20.3. The molecule has 4 fully saturated rings. The second-order valence-electron chi connectivity index (χ2n) is 11.2. The molecule has 4 aliphatic rings. The fourth-order valence-electron chi connectivity index (χ4n) is 6.48. The number of carbonyl (C=O) groups excluding carboxylic acids is 1. The molecule has 4 heterocycles. The number of rotatable bonds is 4. The minimum absolute atomic E-state index is 0.0278. The highest BCUT2D eigenvalue weighted by Gasteiger charge is 2.58. The number of ether oxygens (including phenoxy) is 2. The van der Waals surface area contributed by atoms with E-state index in [0.29, 0.717) is 19.0 Å². The summed E-state index contributed by atoms with van der Waals surface area (Å²) in [6.45, 7) is 6.02. The molecular formula is C27H34FN3O4. The third kappa shape index (κ3) is 4.14. The fraction of sp³-hybridized carbons (Fsp3) is 0.630. The van der Waals surface area contributed by atoms with Crippen LogP contribution in [0.3, 0.4) is 0 Å². The van der Waals surface area contributed by atoms with Gasteiger partial charge in [-0.1, -0.05) is 0 Å². The Balaban J connectivity index is 1.15. The van der Waals surface area contributed by atoms with E-state index < -0.39 is 6.10 Å². The van der Waals surface area contributed by atoms with E-state index in [4.69, 9.17) is 9.47 Å². The molecular weight excluding hydrogens is 449 g/mol. The molecule has 1 aromatic carbocycles. The first-order valence-electron chi connectivity index (χ1n) is 12.9. The van der Waals surface area contributed by atoms with Crippen LogP contribution in [0.5, 0.6) is 0 Å². The van der Waals surface area contributed by atoms with Gasteiger partial charge in [0.15, 0.2) is 0 Å². The Bertz CT molecular complexity index is 1130. The normalized spacial score (nSPS) is 31.2. The van der Waals surface area contributed by atoms with Crippen LogP contribution in [0.2, 0.25) is 0 Å². The smallest absolute Gasteiger partial charge is 0.229 e. The number of nitrogens with zero attached hydrogens (tertiary/aromatic N) is 2. The SMILES string of the molecule is C[C@]1(N2CCC(c3cc4cc(NC(=O)[C@@H]5CC56CCOCC6)ncc4cc3F)CC2)COC[C@H]1O. The molecule has 7 nitrogen and oxygen atoms in total. The number of benzene rings is 1. The summed E-state index contributed by atoms with van der Waals surface area (Å²) in [5.74, 6) is 0.491. The lowest BCUT2D eigenvalue weighted by molar-refractivity contribution is -0.118. The second kappa shape index (κ2) is 8.76. The maximum Gasteiger partial charge on any atom is 0.229 e. The maximum atomic E-state index is 15.1. The van der Waals surface area contributed by atoms with Crippen molar-refractivity contribution in [3.05, 3.63) is 35.8 Å². The van der Waals surface area contributed by atoms with Crippen LogP contribution in [0.25, 0.3) is 10.8 Å². The van der Waals surface area contributed by atoms with Gasteiger partial charge in [-0.15, -0.1) is 0 Å². The van der Waals surface area contributed by atoms with Gasteiger partial charge in [-0.2, -0.15) is 0 Å². The molecule has 1 spiro atoms. The highest BCUT2D eigenvalue weighted by molar-refractivity contribution is 5.96. The molecule has 2 N–H and O–H groups in total. The maximum absolute atomic E-state index is 15.1. The van der Waals surface area contributed by atoms with Crippen LogP contribution < -0.4 is 5.32 Å². The number of amides is 1. The van der Waals surface area contributed by atoms with Crippen molar-refractivity contribution in [2.45, 2.75) is 56.6 Å². The number of aliphatic hydroxyl groups is 1. The molecule has 0 radical (unpaired) electrons. The lowest BCUT2D eigenvalue weighted by atomic mass is 9.85. The molecule has 8 heteroatoms. The molecule has 1 aromatic heterocycles. The topological polar surface area (TPSA) is 83.9 Å². The van der Waals surface area contributed by atoms with Crippen LogP contribution in [0.4, 0.5) is 10.2 Å². The van der Waals surface area contributed by atoms with Crippen LogP contribution in [0.15, 0.2) is 24.4 Å². The Kier molecular flexibility index (Phi) is 5.83. The van der Waals surface area contributed by atoms with Gasteiger partial charge in [0.1, 0.15) is 11.6 Å². The molecule has 3 atom stereocenters. The number of aliphatic hydroxyl groups excluding tert-OH is 1. The number of carbonyl (C=O) groups is 1. The lowest BCUT2D eigenvalue weighted by Gasteiger charge is -2.43. The third-order valence-corrected chi connectivity index (χ3v) is 9.13. The molecule has 1 saturated carbocycles. The highest BCUT2D eigenvalue weighted by atomic mass is 19.1. The molecule has 1 aliphatic carbocycles. The van der Waals surface area contributed by atoms with Gasteiger partial charge in [0.05, 0.1) is 24.9 Å². The second-order valence-corrected chi connectivity index (χ2v) is 11.2. The summed E-state index contributed by atoms with van der Waals surface area (Å²) in [5.41, 5.74) is 0.468. The summed E-state index contributed by atoms with van der Waals surface area (Å²) in [5, 5.41) is 15.0. The van der Waals surface area contributed by atoms with Gasteiger partial charge in [0.25, 0.3) is 0 Å². The van der Waals surface area contributed by atoms with Gasteiger partial charge < -0.3 is 19.9 Å². The molecule has 3 saturated heterocycles. The van der Waals surface area contributed by atoms with Crippen molar-refractivity contribution in [2.75, 3.05) is 44.8 Å². The molecule has 35 heavy (non-hydrogen) atoms. The van der Waals surface area contributed by atoms with Crippen molar-refractivity contribution < 1.29 is 23.8 Å². The number of fused-ring (bicyclic) bond motifs is 1. The van der Waals surface area contributed by atoms with Crippen LogP contribution in [-0.2, 0) is 14.3 Å². The van der Waals surface area contributed by atoms with Crippen molar-refractivity contribution in [3.8, 4) is 0 Å². The molecule has 6 rings (SSSR count). The largest absolute Gasteiger partial charge is 0.389 e.